The molecule has 188 valence electrons. The van der Waals surface area contributed by atoms with Crippen LogP contribution in [-0.2, 0) is 17.3 Å². The van der Waals surface area contributed by atoms with Crippen LogP contribution >= 0.6 is 0 Å². The van der Waals surface area contributed by atoms with Gasteiger partial charge < -0.3 is 0 Å². The Bertz CT molecular complexity index is 1220. The highest BCUT2D eigenvalue weighted by Crippen LogP contribution is 2.50. The van der Waals surface area contributed by atoms with E-state index in [1.807, 2.05) is 0 Å². The van der Waals surface area contributed by atoms with Gasteiger partial charge in [-0.15, -0.1) is 0 Å². The van der Waals surface area contributed by atoms with Gasteiger partial charge in [0.1, 0.15) is 0 Å². The molecule has 0 spiro atoms. The first-order valence-electron chi connectivity index (χ1n) is 13.8. The molecule has 0 heteroatoms. The van der Waals surface area contributed by atoms with Crippen molar-refractivity contribution in [1.82, 2.24) is 0 Å². The Balaban J connectivity index is 2.02. The van der Waals surface area contributed by atoms with Crippen molar-refractivity contribution < 1.29 is 0 Å². The average Bonchev–Trinajstić information content (AvgIpc) is 3.26. The van der Waals surface area contributed by atoms with Gasteiger partial charge in [-0.05, 0) is 104 Å². The summed E-state index contributed by atoms with van der Waals surface area (Å²) in [4.78, 5) is 0. The topological polar surface area (TPSA) is 0 Å². The van der Waals surface area contributed by atoms with Gasteiger partial charge in [0.25, 0.3) is 0 Å². The number of rotatable bonds is 3. The first kappa shape index (κ1) is 26.0. The molecule has 1 unspecified atom stereocenters. The summed E-state index contributed by atoms with van der Waals surface area (Å²) >= 11 is 0. The Morgan fingerprint density at radius 2 is 1.37 bits per heavy atom. The molecule has 35 heavy (non-hydrogen) atoms. The Morgan fingerprint density at radius 1 is 0.771 bits per heavy atom. The third-order valence-electron chi connectivity index (χ3n) is 8.26. The third kappa shape index (κ3) is 4.59. The SMILES string of the molecule is CCCC1C=C(C(C)(C)C)C=C1c1c(C)c(C(C)(C)C)cc2c1Cc1cc(C)c(C(C)(C)C)cc1-2. The molecule has 0 aromatic heterocycles. The molecule has 0 fully saturated rings. The third-order valence-corrected chi connectivity index (χ3v) is 8.26. The molecule has 4 rings (SSSR count). The lowest BCUT2D eigenvalue weighted by Crippen LogP contribution is -2.16. The van der Waals surface area contributed by atoms with E-state index in [-0.39, 0.29) is 16.2 Å². The number of aryl methyl sites for hydroxylation is 1. The van der Waals surface area contributed by atoms with E-state index in [0.717, 1.165) is 6.42 Å². The smallest absolute Gasteiger partial charge is 0.00301 e. The molecule has 0 heterocycles. The number of benzene rings is 2. The zero-order valence-corrected chi connectivity index (χ0v) is 24.6. The van der Waals surface area contributed by atoms with E-state index in [2.05, 4.69) is 113 Å². The average molecular weight is 469 g/mol. The Hall–Kier alpha value is -2.08. The maximum atomic E-state index is 2.58. The molecule has 0 bridgehead atoms. The van der Waals surface area contributed by atoms with Gasteiger partial charge in [-0.1, -0.05) is 106 Å². The summed E-state index contributed by atoms with van der Waals surface area (Å²) in [6.45, 7) is 28.3. The molecule has 0 saturated heterocycles. The highest BCUT2D eigenvalue weighted by molar-refractivity contribution is 5.89. The van der Waals surface area contributed by atoms with Gasteiger partial charge >= 0.3 is 0 Å². The van der Waals surface area contributed by atoms with Crippen molar-refractivity contribution in [3.8, 4) is 11.1 Å². The summed E-state index contributed by atoms with van der Waals surface area (Å²) in [5, 5.41) is 0. The largest absolute Gasteiger partial charge is 0.0732 e. The molecule has 1 atom stereocenters. The second-order valence-corrected chi connectivity index (χ2v) is 14.3. The zero-order chi connectivity index (χ0) is 26.1. The summed E-state index contributed by atoms with van der Waals surface area (Å²) in [7, 11) is 0. The summed E-state index contributed by atoms with van der Waals surface area (Å²) in [5.74, 6) is 0.517. The lowest BCUT2D eigenvalue weighted by atomic mass is 9.76. The van der Waals surface area contributed by atoms with Crippen LogP contribution in [0.2, 0.25) is 0 Å². The number of hydrogen-bond donors (Lipinski definition) is 0. The van der Waals surface area contributed by atoms with E-state index in [1.165, 1.54) is 57.4 Å². The normalized spacial score (nSPS) is 17.9. The predicted octanol–water partition coefficient (Wildman–Crippen LogP) is 10.3. The monoisotopic (exact) mass is 468 g/mol. The molecule has 0 amide bonds. The van der Waals surface area contributed by atoms with Crippen molar-refractivity contribution in [2.75, 3.05) is 0 Å². The Morgan fingerprint density at radius 3 is 1.91 bits per heavy atom. The first-order chi connectivity index (χ1) is 16.0. The van der Waals surface area contributed by atoms with Crippen LogP contribution in [0.1, 0.15) is 121 Å². The van der Waals surface area contributed by atoms with E-state index in [4.69, 9.17) is 0 Å². The van der Waals surface area contributed by atoms with E-state index < -0.39 is 0 Å². The van der Waals surface area contributed by atoms with Gasteiger partial charge in [-0.25, -0.2) is 0 Å². The number of hydrogen-bond acceptors (Lipinski definition) is 0. The summed E-state index contributed by atoms with van der Waals surface area (Å²) in [6.07, 6.45) is 8.63. The zero-order valence-electron chi connectivity index (χ0n) is 24.6. The van der Waals surface area contributed by atoms with Crippen molar-refractivity contribution in [2.45, 2.75) is 113 Å². The lowest BCUT2D eigenvalue weighted by Gasteiger charge is -2.28. The van der Waals surface area contributed by atoms with Crippen LogP contribution in [0.15, 0.2) is 35.9 Å². The van der Waals surface area contributed by atoms with Gasteiger partial charge in [0.05, 0.1) is 0 Å². The number of allylic oxidation sites excluding steroid dienone is 4. The highest BCUT2D eigenvalue weighted by atomic mass is 14.4. The fraction of sp³-hybridized carbons (Fsp3) is 0.543. The van der Waals surface area contributed by atoms with Gasteiger partial charge in [0.2, 0.25) is 0 Å². The summed E-state index contributed by atoms with van der Waals surface area (Å²) < 4.78 is 0. The van der Waals surface area contributed by atoms with Crippen LogP contribution in [-0.4, -0.2) is 0 Å². The van der Waals surface area contributed by atoms with Gasteiger partial charge in [0.15, 0.2) is 0 Å². The highest BCUT2D eigenvalue weighted by Gasteiger charge is 2.34. The number of fused-ring (bicyclic) bond motifs is 3. The maximum absolute atomic E-state index is 2.58. The quantitative estimate of drug-likeness (QED) is 0.358. The van der Waals surface area contributed by atoms with Crippen LogP contribution < -0.4 is 0 Å². The molecular weight excluding hydrogens is 420 g/mol. The molecule has 0 nitrogen and oxygen atoms in total. The fourth-order valence-corrected chi connectivity index (χ4v) is 6.50. The molecule has 2 aliphatic rings. The Kier molecular flexibility index (Phi) is 6.31. The van der Waals surface area contributed by atoms with Crippen LogP contribution in [0.4, 0.5) is 0 Å². The minimum atomic E-state index is 0.105. The molecule has 0 saturated carbocycles. The van der Waals surface area contributed by atoms with Gasteiger partial charge in [-0.2, -0.15) is 0 Å². The van der Waals surface area contributed by atoms with Crippen LogP contribution in [0.5, 0.6) is 0 Å². The van der Waals surface area contributed by atoms with Crippen LogP contribution in [0.3, 0.4) is 0 Å². The standard InChI is InChI=1S/C35H48/c1-13-14-23-16-25(33(4,5)6)18-27(23)32-22(3)31(35(10,11)12)20-28-26-19-30(34(7,8)9)21(2)15-24(26)17-29(28)32/h15-16,18-20,23H,13-14,17H2,1-12H3. The predicted molar refractivity (Wildman–Crippen MR) is 155 cm³/mol. The summed E-state index contributed by atoms with van der Waals surface area (Å²) in [6, 6.07) is 7.55. The Labute approximate surface area is 215 Å². The molecule has 0 radical (unpaired) electrons. The van der Waals surface area contributed by atoms with Crippen LogP contribution in [0, 0.1) is 25.2 Å². The van der Waals surface area contributed by atoms with Gasteiger partial charge in [0, 0.05) is 5.92 Å². The second-order valence-electron chi connectivity index (χ2n) is 14.3. The molecule has 0 N–H and O–H groups in total. The molecule has 0 aliphatic heterocycles. The van der Waals surface area contributed by atoms with E-state index in [0.29, 0.717) is 5.92 Å². The van der Waals surface area contributed by atoms with Crippen LogP contribution in [0.25, 0.3) is 16.7 Å². The minimum absolute atomic E-state index is 0.105. The molecule has 2 aromatic rings. The van der Waals surface area contributed by atoms with Crippen molar-refractivity contribution in [3.63, 3.8) is 0 Å². The summed E-state index contributed by atoms with van der Waals surface area (Å²) in [5.41, 5.74) is 17.0. The molecule has 2 aromatic carbocycles. The first-order valence-corrected chi connectivity index (χ1v) is 13.8. The second kappa shape index (κ2) is 8.50. The fourth-order valence-electron chi connectivity index (χ4n) is 6.50. The van der Waals surface area contributed by atoms with E-state index in [1.54, 1.807) is 16.7 Å². The van der Waals surface area contributed by atoms with Crippen molar-refractivity contribution in [1.29, 1.82) is 0 Å². The van der Waals surface area contributed by atoms with Crippen molar-refractivity contribution in [3.05, 3.63) is 74.9 Å². The van der Waals surface area contributed by atoms with Crippen molar-refractivity contribution >= 4 is 5.57 Å². The van der Waals surface area contributed by atoms with Crippen molar-refractivity contribution in [2.24, 2.45) is 11.3 Å². The van der Waals surface area contributed by atoms with Gasteiger partial charge in [-0.3, -0.25) is 0 Å². The lowest BCUT2D eigenvalue weighted by molar-refractivity contribution is 0.515. The van der Waals surface area contributed by atoms with E-state index in [9.17, 15) is 0 Å². The minimum Gasteiger partial charge on any atom is -0.0732 e. The molecule has 2 aliphatic carbocycles. The maximum Gasteiger partial charge on any atom is 0.00301 e. The molecular formula is C35H48. The van der Waals surface area contributed by atoms with E-state index >= 15 is 0 Å².